The van der Waals surface area contributed by atoms with Crippen LogP contribution in [0, 0.1) is 10.1 Å². The Morgan fingerprint density at radius 3 is 2.71 bits per heavy atom. The lowest BCUT2D eigenvalue weighted by Crippen LogP contribution is -1.86. The Bertz CT molecular complexity index is 451. The van der Waals surface area contributed by atoms with Crippen molar-refractivity contribution in [1.29, 1.82) is 0 Å². The van der Waals surface area contributed by atoms with Crippen molar-refractivity contribution in [2.75, 3.05) is 0 Å². The molecular formula is C10H7NO2S. The SMILES string of the molecule is O=[N+]([O-])c1cccc(-c2cccs2)c1. The van der Waals surface area contributed by atoms with Gasteiger partial charge in [0.25, 0.3) is 5.69 Å². The van der Waals surface area contributed by atoms with Crippen LogP contribution in [0.4, 0.5) is 5.69 Å². The summed E-state index contributed by atoms with van der Waals surface area (Å²) in [6, 6.07) is 10.5. The van der Waals surface area contributed by atoms with Crippen LogP contribution in [-0.4, -0.2) is 4.92 Å². The summed E-state index contributed by atoms with van der Waals surface area (Å²) in [5, 5.41) is 12.5. The molecule has 1 aromatic carbocycles. The van der Waals surface area contributed by atoms with Crippen LogP contribution < -0.4 is 0 Å². The zero-order chi connectivity index (χ0) is 9.97. The van der Waals surface area contributed by atoms with E-state index in [-0.39, 0.29) is 10.6 Å². The smallest absolute Gasteiger partial charge is 0.258 e. The molecular weight excluding hydrogens is 198 g/mol. The predicted molar refractivity (Wildman–Crippen MR) is 56.4 cm³/mol. The van der Waals surface area contributed by atoms with E-state index in [9.17, 15) is 10.1 Å². The number of thiophene rings is 1. The molecule has 0 atom stereocenters. The monoisotopic (exact) mass is 205 g/mol. The first-order valence-corrected chi connectivity index (χ1v) is 4.93. The van der Waals surface area contributed by atoms with Gasteiger partial charge in [-0.1, -0.05) is 18.2 Å². The second-order valence-electron chi connectivity index (χ2n) is 2.78. The summed E-state index contributed by atoms with van der Waals surface area (Å²) in [7, 11) is 0. The molecule has 0 amide bonds. The summed E-state index contributed by atoms with van der Waals surface area (Å²) in [5.41, 5.74) is 1.03. The van der Waals surface area contributed by atoms with Gasteiger partial charge in [-0.3, -0.25) is 10.1 Å². The molecule has 4 heteroatoms. The molecule has 1 heterocycles. The van der Waals surface area contributed by atoms with Crippen molar-refractivity contribution >= 4 is 17.0 Å². The van der Waals surface area contributed by atoms with Crippen LogP contribution in [-0.2, 0) is 0 Å². The van der Waals surface area contributed by atoms with Crippen LogP contribution >= 0.6 is 11.3 Å². The average molecular weight is 205 g/mol. The molecule has 0 aliphatic heterocycles. The number of benzene rings is 1. The molecule has 0 aliphatic carbocycles. The second kappa shape index (κ2) is 3.59. The summed E-state index contributed by atoms with van der Waals surface area (Å²) in [6.45, 7) is 0. The summed E-state index contributed by atoms with van der Waals surface area (Å²) in [5.74, 6) is 0. The fraction of sp³-hybridized carbons (Fsp3) is 0. The van der Waals surface area contributed by atoms with Gasteiger partial charge in [0.2, 0.25) is 0 Å². The lowest BCUT2D eigenvalue weighted by atomic mass is 10.2. The van der Waals surface area contributed by atoms with Gasteiger partial charge in [-0.05, 0) is 17.0 Å². The van der Waals surface area contributed by atoms with E-state index in [0.717, 1.165) is 10.4 Å². The molecule has 3 nitrogen and oxygen atoms in total. The van der Waals surface area contributed by atoms with Crippen molar-refractivity contribution in [2.24, 2.45) is 0 Å². The highest BCUT2D eigenvalue weighted by Gasteiger charge is 2.06. The van der Waals surface area contributed by atoms with Gasteiger partial charge in [-0.2, -0.15) is 0 Å². The first-order chi connectivity index (χ1) is 6.77. The minimum atomic E-state index is -0.378. The number of nitrogens with zero attached hydrogens (tertiary/aromatic N) is 1. The predicted octanol–water partition coefficient (Wildman–Crippen LogP) is 3.32. The maximum absolute atomic E-state index is 10.5. The standard InChI is InChI=1S/C10H7NO2S/c12-11(13)9-4-1-3-8(7-9)10-5-2-6-14-10/h1-7H. The number of nitro groups is 1. The van der Waals surface area contributed by atoms with Crippen molar-refractivity contribution in [3.05, 3.63) is 51.9 Å². The van der Waals surface area contributed by atoms with E-state index in [2.05, 4.69) is 0 Å². The van der Waals surface area contributed by atoms with Crippen LogP contribution in [0.25, 0.3) is 10.4 Å². The molecule has 0 aliphatic rings. The normalized spacial score (nSPS) is 10.0. The Labute approximate surface area is 84.8 Å². The number of non-ortho nitro benzene ring substituents is 1. The van der Waals surface area contributed by atoms with Crippen molar-refractivity contribution in [2.45, 2.75) is 0 Å². The summed E-state index contributed by atoms with van der Waals surface area (Å²) in [6.07, 6.45) is 0. The van der Waals surface area contributed by atoms with Gasteiger partial charge in [0.05, 0.1) is 4.92 Å². The fourth-order valence-electron chi connectivity index (χ4n) is 1.22. The van der Waals surface area contributed by atoms with Crippen molar-refractivity contribution in [3.8, 4) is 10.4 Å². The maximum Gasteiger partial charge on any atom is 0.270 e. The van der Waals surface area contributed by atoms with Gasteiger partial charge in [0, 0.05) is 17.0 Å². The molecule has 2 rings (SSSR count). The third-order valence-electron chi connectivity index (χ3n) is 1.86. The highest BCUT2D eigenvalue weighted by molar-refractivity contribution is 7.13. The van der Waals surface area contributed by atoms with Gasteiger partial charge in [-0.25, -0.2) is 0 Å². The Kier molecular flexibility index (Phi) is 2.28. The molecule has 0 N–H and O–H groups in total. The van der Waals surface area contributed by atoms with E-state index in [1.54, 1.807) is 23.5 Å². The van der Waals surface area contributed by atoms with Gasteiger partial charge in [0.15, 0.2) is 0 Å². The van der Waals surface area contributed by atoms with Crippen molar-refractivity contribution in [3.63, 3.8) is 0 Å². The average Bonchev–Trinajstić information content (AvgIpc) is 2.71. The van der Waals surface area contributed by atoms with Crippen LogP contribution in [0.3, 0.4) is 0 Å². The number of rotatable bonds is 2. The van der Waals surface area contributed by atoms with E-state index >= 15 is 0 Å². The summed E-state index contributed by atoms with van der Waals surface area (Å²) < 4.78 is 0. The molecule has 0 saturated carbocycles. The molecule has 14 heavy (non-hydrogen) atoms. The number of hydrogen-bond acceptors (Lipinski definition) is 3. The lowest BCUT2D eigenvalue weighted by molar-refractivity contribution is -0.384. The van der Waals surface area contributed by atoms with Crippen molar-refractivity contribution in [1.82, 2.24) is 0 Å². The van der Waals surface area contributed by atoms with E-state index in [1.807, 2.05) is 23.6 Å². The zero-order valence-electron chi connectivity index (χ0n) is 7.21. The van der Waals surface area contributed by atoms with Gasteiger partial charge in [0.1, 0.15) is 0 Å². The summed E-state index contributed by atoms with van der Waals surface area (Å²) in [4.78, 5) is 11.2. The summed E-state index contributed by atoms with van der Waals surface area (Å²) >= 11 is 1.57. The molecule has 70 valence electrons. The van der Waals surface area contributed by atoms with Crippen LogP contribution in [0.15, 0.2) is 41.8 Å². The Balaban J connectivity index is 2.46. The highest BCUT2D eigenvalue weighted by Crippen LogP contribution is 2.27. The second-order valence-corrected chi connectivity index (χ2v) is 3.73. The van der Waals surface area contributed by atoms with E-state index < -0.39 is 0 Å². The van der Waals surface area contributed by atoms with Gasteiger partial charge >= 0.3 is 0 Å². The molecule has 0 fully saturated rings. The van der Waals surface area contributed by atoms with E-state index in [1.165, 1.54) is 6.07 Å². The molecule has 0 bridgehead atoms. The topological polar surface area (TPSA) is 43.1 Å². The fourth-order valence-corrected chi connectivity index (χ4v) is 1.94. The van der Waals surface area contributed by atoms with Crippen molar-refractivity contribution < 1.29 is 4.92 Å². The maximum atomic E-state index is 10.5. The first kappa shape index (κ1) is 8.90. The Morgan fingerprint density at radius 2 is 2.07 bits per heavy atom. The molecule has 2 aromatic rings. The highest BCUT2D eigenvalue weighted by atomic mass is 32.1. The first-order valence-electron chi connectivity index (χ1n) is 4.06. The van der Waals surface area contributed by atoms with Crippen LogP contribution in [0.2, 0.25) is 0 Å². The van der Waals surface area contributed by atoms with E-state index in [4.69, 9.17) is 0 Å². The molecule has 0 radical (unpaired) electrons. The number of nitro benzene ring substituents is 1. The lowest BCUT2D eigenvalue weighted by Gasteiger charge is -1.96. The van der Waals surface area contributed by atoms with Gasteiger partial charge < -0.3 is 0 Å². The molecule has 0 saturated heterocycles. The molecule has 0 spiro atoms. The molecule has 0 unspecified atom stereocenters. The third-order valence-corrected chi connectivity index (χ3v) is 2.78. The minimum Gasteiger partial charge on any atom is -0.258 e. The molecule has 1 aromatic heterocycles. The van der Waals surface area contributed by atoms with Crippen LogP contribution in [0.1, 0.15) is 0 Å². The number of hydrogen-bond donors (Lipinski definition) is 0. The van der Waals surface area contributed by atoms with Gasteiger partial charge in [-0.15, -0.1) is 11.3 Å². The Hall–Kier alpha value is -1.68. The largest absolute Gasteiger partial charge is 0.270 e. The zero-order valence-corrected chi connectivity index (χ0v) is 8.03. The Morgan fingerprint density at radius 1 is 1.21 bits per heavy atom. The quantitative estimate of drug-likeness (QED) is 0.557. The van der Waals surface area contributed by atoms with E-state index in [0.29, 0.717) is 0 Å². The minimum absolute atomic E-state index is 0.135. The van der Waals surface area contributed by atoms with Crippen LogP contribution in [0.5, 0.6) is 0 Å². The third kappa shape index (κ3) is 1.65.